The molecule has 0 radical (unpaired) electrons. The SMILES string of the molecule is O=C(N/N=C\C=C\c1ccc([N+](=O)[O-])cc1)c1ccccc1Br. The molecule has 0 aromatic heterocycles. The number of hydrogen-bond donors (Lipinski definition) is 1. The molecule has 0 aliphatic rings. The van der Waals surface area contributed by atoms with E-state index in [1.165, 1.54) is 18.3 Å². The van der Waals surface area contributed by atoms with E-state index < -0.39 is 4.92 Å². The maximum Gasteiger partial charge on any atom is 0.272 e. The molecular formula is C16H12BrN3O3. The highest BCUT2D eigenvalue weighted by atomic mass is 79.9. The Bertz CT molecular complexity index is 770. The standard InChI is InChI=1S/C16H12BrN3O3/c17-15-6-2-1-5-14(15)16(21)19-18-11-3-4-12-7-9-13(10-8-12)20(22)23/h1-11H,(H,19,21)/b4-3+,18-11-. The van der Waals surface area contributed by atoms with Crippen molar-refractivity contribution < 1.29 is 9.72 Å². The first-order valence-electron chi connectivity index (χ1n) is 6.57. The summed E-state index contributed by atoms with van der Waals surface area (Å²) in [5.74, 6) is -0.322. The van der Waals surface area contributed by atoms with Crippen molar-refractivity contribution in [2.75, 3.05) is 0 Å². The van der Waals surface area contributed by atoms with Crippen molar-refractivity contribution in [3.63, 3.8) is 0 Å². The zero-order chi connectivity index (χ0) is 16.7. The van der Waals surface area contributed by atoms with Crippen LogP contribution in [0.25, 0.3) is 6.08 Å². The number of nitrogens with zero attached hydrogens (tertiary/aromatic N) is 2. The van der Waals surface area contributed by atoms with Gasteiger partial charge in [0.15, 0.2) is 0 Å². The number of halogens is 1. The molecule has 0 fully saturated rings. The third kappa shape index (κ3) is 4.86. The van der Waals surface area contributed by atoms with Crippen molar-refractivity contribution >= 4 is 39.8 Å². The van der Waals surface area contributed by atoms with Gasteiger partial charge < -0.3 is 0 Å². The third-order valence-corrected chi connectivity index (χ3v) is 3.53. The highest BCUT2D eigenvalue weighted by molar-refractivity contribution is 9.10. The minimum absolute atomic E-state index is 0.0384. The number of nitro groups is 1. The lowest BCUT2D eigenvalue weighted by molar-refractivity contribution is -0.384. The zero-order valence-corrected chi connectivity index (χ0v) is 13.4. The largest absolute Gasteiger partial charge is 0.272 e. The van der Waals surface area contributed by atoms with E-state index in [4.69, 9.17) is 0 Å². The number of non-ortho nitro benzene ring substituents is 1. The molecule has 1 N–H and O–H groups in total. The number of amides is 1. The molecular weight excluding hydrogens is 362 g/mol. The number of nitrogens with one attached hydrogen (secondary N) is 1. The van der Waals surface area contributed by atoms with Gasteiger partial charge in [0.2, 0.25) is 0 Å². The average Bonchev–Trinajstić information content (AvgIpc) is 2.55. The monoisotopic (exact) mass is 373 g/mol. The Morgan fingerprint density at radius 1 is 1.17 bits per heavy atom. The van der Waals surface area contributed by atoms with Gasteiger partial charge in [-0.15, -0.1) is 0 Å². The van der Waals surface area contributed by atoms with Gasteiger partial charge in [-0.05, 0) is 51.8 Å². The first-order valence-corrected chi connectivity index (χ1v) is 7.36. The number of hydrogen-bond acceptors (Lipinski definition) is 4. The Labute approximate surface area is 140 Å². The molecule has 6 nitrogen and oxygen atoms in total. The molecule has 23 heavy (non-hydrogen) atoms. The van der Waals surface area contributed by atoms with E-state index in [-0.39, 0.29) is 11.6 Å². The van der Waals surface area contributed by atoms with Gasteiger partial charge >= 0.3 is 0 Å². The summed E-state index contributed by atoms with van der Waals surface area (Å²) in [4.78, 5) is 21.9. The molecule has 0 spiro atoms. The van der Waals surface area contributed by atoms with Gasteiger partial charge in [-0.1, -0.05) is 18.2 Å². The van der Waals surface area contributed by atoms with Crippen LogP contribution >= 0.6 is 15.9 Å². The van der Waals surface area contributed by atoms with Gasteiger partial charge in [-0.25, -0.2) is 5.43 Å². The van der Waals surface area contributed by atoms with Gasteiger partial charge in [0.1, 0.15) is 0 Å². The maximum absolute atomic E-state index is 11.9. The number of hydrazone groups is 1. The second-order valence-corrected chi connectivity index (χ2v) is 5.26. The Morgan fingerprint density at radius 2 is 1.87 bits per heavy atom. The second-order valence-electron chi connectivity index (χ2n) is 4.41. The average molecular weight is 374 g/mol. The first kappa shape index (κ1) is 16.6. The molecule has 2 rings (SSSR count). The Kier molecular flexibility index (Phi) is 5.76. The van der Waals surface area contributed by atoms with Gasteiger partial charge in [0, 0.05) is 22.8 Å². The van der Waals surface area contributed by atoms with Crippen LogP contribution in [-0.2, 0) is 0 Å². The van der Waals surface area contributed by atoms with Gasteiger partial charge in [-0.3, -0.25) is 14.9 Å². The first-order chi connectivity index (χ1) is 11.1. The van der Waals surface area contributed by atoms with Crippen LogP contribution < -0.4 is 5.43 Å². The number of nitro benzene ring substituents is 1. The summed E-state index contributed by atoms with van der Waals surface area (Å²) in [6, 6.07) is 13.1. The van der Waals surface area contributed by atoms with E-state index in [2.05, 4.69) is 26.5 Å². The van der Waals surface area contributed by atoms with Crippen molar-refractivity contribution in [3.05, 3.63) is 80.3 Å². The molecule has 0 saturated carbocycles. The lowest BCUT2D eigenvalue weighted by Crippen LogP contribution is -2.17. The summed E-state index contributed by atoms with van der Waals surface area (Å²) in [7, 11) is 0. The van der Waals surface area contributed by atoms with Crippen LogP contribution in [-0.4, -0.2) is 17.0 Å². The minimum atomic E-state index is -0.452. The molecule has 0 saturated heterocycles. The van der Waals surface area contributed by atoms with Crippen molar-refractivity contribution in [3.8, 4) is 0 Å². The number of rotatable bonds is 5. The fourth-order valence-corrected chi connectivity index (χ4v) is 2.17. The summed E-state index contributed by atoms with van der Waals surface area (Å²) in [6.07, 6.45) is 4.77. The molecule has 0 atom stereocenters. The van der Waals surface area contributed by atoms with Crippen LogP contribution in [0.5, 0.6) is 0 Å². The van der Waals surface area contributed by atoms with Crippen LogP contribution in [0.4, 0.5) is 5.69 Å². The van der Waals surface area contributed by atoms with Crippen LogP contribution in [0.1, 0.15) is 15.9 Å². The molecule has 2 aromatic rings. The minimum Gasteiger partial charge on any atom is -0.267 e. The topological polar surface area (TPSA) is 84.6 Å². The molecule has 1 amide bonds. The second kappa shape index (κ2) is 8.00. The molecule has 0 heterocycles. The summed E-state index contributed by atoms with van der Waals surface area (Å²) in [6.45, 7) is 0. The third-order valence-electron chi connectivity index (χ3n) is 2.84. The van der Waals surface area contributed by atoms with Crippen molar-refractivity contribution in [1.29, 1.82) is 0 Å². The number of benzene rings is 2. The molecule has 7 heteroatoms. The summed E-state index contributed by atoms with van der Waals surface area (Å²) in [5.41, 5.74) is 3.73. The fraction of sp³-hybridized carbons (Fsp3) is 0. The normalized spacial score (nSPS) is 11.0. The lowest BCUT2D eigenvalue weighted by atomic mass is 10.2. The summed E-state index contributed by atoms with van der Waals surface area (Å²) < 4.78 is 0.689. The zero-order valence-electron chi connectivity index (χ0n) is 11.8. The van der Waals surface area contributed by atoms with E-state index in [1.807, 2.05) is 6.07 Å². The van der Waals surface area contributed by atoms with E-state index in [9.17, 15) is 14.9 Å². The highest BCUT2D eigenvalue weighted by Gasteiger charge is 2.07. The van der Waals surface area contributed by atoms with Crippen LogP contribution in [0.2, 0.25) is 0 Å². The van der Waals surface area contributed by atoms with E-state index >= 15 is 0 Å². The lowest BCUT2D eigenvalue weighted by Gasteiger charge is -2.01. The van der Waals surface area contributed by atoms with Gasteiger partial charge in [0.25, 0.3) is 11.6 Å². The van der Waals surface area contributed by atoms with Crippen LogP contribution in [0.3, 0.4) is 0 Å². The Balaban J connectivity index is 1.90. The highest BCUT2D eigenvalue weighted by Crippen LogP contribution is 2.15. The molecule has 0 aliphatic carbocycles. The molecule has 116 valence electrons. The quantitative estimate of drug-likeness (QED) is 0.491. The van der Waals surface area contributed by atoms with Crippen molar-refractivity contribution in [2.24, 2.45) is 5.10 Å². The smallest absolute Gasteiger partial charge is 0.267 e. The maximum atomic E-state index is 11.9. The molecule has 0 bridgehead atoms. The molecule has 2 aromatic carbocycles. The predicted octanol–water partition coefficient (Wildman–Crippen LogP) is 3.79. The predicted molar refractivity (Wildman–Crippen MR) is 92.2 cm³/mol. The van der Waals surface area contributed by atoms with Crippen LogP contribution in [0.15, 0.2) is 64.2 Å². The van der Waals surface area contributed by atoms with Gasteiger partial charge in [0.05, 0.1) is 10.5 Å². The number of carbonyl (C=O) groups is 1. The van der Waals surface area contributed by atoms with E-state index in [0.29, 0.717) is 10.0 Å². The van der Waals surface area contributed by atoms with Crippen LogP contribution in [0, 0.1) is 10.1 Å². The molecule has 0 aliphatic heterocycles. The summed E-state index contributed by atoms with van der Waals surface area (Å²) in [5, 5.41) is 14.3. The Hall–Kier alpha value is -2.80. The Morgan fingerprint density at radius 3 is 2.52 bits per heavy atom. The van der Waals surface area contributed by atoms with E-state index in [0.717, 1.165) is 5.56 Å². The number of allylic oxidation sites excluding steroid dienone is 1. The van der Waals surface area contributed by atoms with Gasteiger partial charge in [-0.2, -0.15) is 5.10 Å². The fourth-order valence-electron chi connectivity index (χ4n) is 1.71. The molecule has 0 unspecified atom stereocenters. The summed E-state index contributed by atoms with van der Waals surface area (Å²) >= 11 is 3.29. The van der Waals surface area contributed by atoms with Crippen molar-refractivity contribution in [2.45, 2.75) is 0 Å². The number of carbonyl (C=O) groups excluding carboxylic acids is 1. The van der Waals surface area contributed by atoms with Crippen molar-refractivity contribution in [1.82, 2.24) is 5.43 Å². The van der Waals surface area contributed by atoms with E-state index in [1.54, 1.807) is 42.5 Å².